The molecule has 1 aliphatic carbocycles. The van der Waals surface area contributed by atoms with Gasteiger partial charge in [-0.25, -0.2) is 5.48 Å². The summed E-state index contributed by atoms with van der Waals surface area (Å²) in [7, 11) is 2.21. The fourth-order valence-corrected chi connectivity index (χ4v) is 1.92. The quantitative estimate of drug-likeness (QED) is 0.501. The molecule has 3 heteroatoms. The van der Waals surface area contributed by atoms with Crippen molar-refractivity contribution in [2.24, 2.45) is 0 Å². The van der Waals surface area contributed by atoms with Gasteiger partial charge in [0, 0.05) is 19.1 Å². The lowest BCUT2D eigenvalue weighted by Gasteiger charge is -2.23. The molecular weight excluding hydrogens is 164 g/mol. The molecule has 0 amide bonds. The highest BCUT2D eigenvalue weighted by Gasteiger charge is 2.18. The minimum Gasteiger partial charge on any atom is -0.302 e. The van der Waals surface area contributed by atoms with E-state index in [1.54, 1.807) is 0 Å². The maximum atomic E-state index is 5.07. The molecule has 0 atom stereocenters. The Hall–Kier alpha value is -0.120. The first-order chi connectivity index (χ1) is 6.34. The summed E-state index contributed by atoms with van der Waals surface area (Å²) in [5, 5.41) is 0. The molecule has 13 heavy (non-hydrogen) atoms. The summed E-state index contributed by atoms with van der Waals surface area (Å²) in [5.74, 6) is 0. The molecule has 1 fully saturated rings. The SMILES string of the molecule is CCONCCN(C)C1CCCC1. The summed E-state index contributed by atoms with van der Waals surface area (Å²) in [4.78, 5) is 7.51. The van der Waals surface area contributed by atoms with Gasteiger partial charge in [0.05, 0.1) is 6.61 Å². The number of likely N-dealkylation sites (N-methyl/N-ethyl adjacent to an activating group) is 1. The van der Waals surface area contributed by atoms with Crippen LogP contribution in [0, 0.1) is 0 Å². The number of nitrogens with one attached hydrogen (secondary N) is 1. The van der Waals surface area contributed by atoms with Crippen molar-refractivity contribution in [3.8, 4) is 0 Å². The van der Waals surface area contributed by atoms with E-state index in [1.807, 2.05) is 6.92 Å². The molecule has 0 saturated heterocycles. The van der Waals surface area contributed by atoms with Crippen LogP contribution in [0.25, 0.3) is 0 Å². The zero-order chi connectivity index (χ0) is 9.52. The average molecular weight is 186 g/mol. The van der Waals surface area contributed by atoms with Crippen LogP contribution in [0.1, 0.15) is 32.6 Å². The van der Waals surface area contributed by atoms with Crippen molar-refractivity contribution in [2.45, 2.75) is 38.6 Å². The molecule has 0 heterocycles. The van der Waals surface area contributed by atoms with Gasteiger partial charge in [0.1, 0.15) is 0 Å². The maximum absolute atomic E-state index is 5.07. The summed E-state index contributed by atoms with van der Waals surface area (Å²) < 4.78 is 0. The molecule has 0 bridgehead atoms. The second kappa shape index (κ2) is 6.35. The Morgan fingerprint density at radius 1 is 1.38 bits per heavy atom. The van der Waals surface area contributed by atoms with Crippen LogP contribution in [0.2, 0.25) is 0 Å². The van der Waals surface area contributed by atoms with Gasteiger partial charge in [-0.15, -0.1) is 0 Å². The molecule has 0 radical (unpaired) electrons. The molecule has 1 saturated carbocycles. The van der Waals surface area contributed by atoms with Crippen LogP contribution in [-0.4, -0.2) is 37.7 Å². The van der Waals surface area contributed by atoms with Gasteiger partial charge in [-0.2, -0.15) is 0 Å². The van der Waals surface area contributed by atoms with Crippen molar-refractivity contribution in [3.05, 3.63) is 0 Å². The number of hydroxylamine groups is 1. The number of rotatable bonds is 6. The van der Waals surface area contributed by atoms with Crippen LogP contribution in [-0.2, 0) is 4.84 Å². The van der Waals surface area contributed by atoms with Crippen LogP contribution in [0.15, 0.2) is 0 Å². The van der Waals surface area contributed by atoms with Crippen molar-refractivity contribution in [1.82, 2.24) is 10.4 Å². The van der Waals surface area contributed by atoms with E-state index in [2.05, 4.69) is 17.4 Å². The molecule has 3 nitrogen and oxygen atoms in total. The predicted molar refractivity (Wildman–Crippen MR) is 54.5 cm³/mol. The second-order valence-electron chi connectivity index (χ2n) is 3.75. The largest absolute Gasteiger partial charge is 0.302 e. The monoisotopic (exact) mass is 186 g/mol. The summed E-state index contributed by atoms with van der Waals surface area (Å²) in [5.41, 5.74) is 2.95. The van der Waals surface area contributed by atoms with E-state index in [4.69, 9.17) is 4.84 Å². The molecule has 1 aliphatic rings. The lowest BCUT2D eigenvalue weighted by atomic mass is 10.2. The van der Waals surface area contributed by atoms with Gasteiger partial charge < -0.3 is 9.74 Å². The van der Waals surface area contributed by atoms with Crippen molar-refractivity contribution in [1.29, 1.82) is 0 Å². The lowest BCUT2D eigenvalue weighted by Crippen LogP contribution is -2.35. The second-order valence-corrected chi connectivity index (χ2v) is 3.75. The zero-order valence-electron chi connectivity index (χ0n) is 8.88. The van der Waals surface area contributed by atoms with Gasteiger partial charge in [-0.1, -0.05) is 12.8 Å². The highest BCUT2D eigenvalue weighted by molar-refractivity contribution is 4.74. The minimum atomic E-state index is 0.743. The van der Waals surface area contributed by atoms with Gasteiger partial charge in [-0.3, -0.25) is 0 Å². The van der Waals surface area contributed by atoms with E-state index in [0.29, 0.717) is 0 Å². The molecule has 1 N–H and O–H groups in total. The first-order valence-electron chi connectivity index (χ1n) is 5.39. The highest BCUT2D eigenvalue weighted by Crippen LogP contribution is 2.21. The molecule has 0 aliphatic heterocycles. The third-order valence-corrected chi connectivity index (χ3v) is 2.76. The van der Waals surface area contributed by atoms with Crippen molar-refractivity contribution in [2.75, 3.05) is 26.7 Å². The van der Waals surface area contributed by atoms with Gasteiger partial charge in [-0.05, 0) is 26.8 Å². The summed E-state index contributed by atoms with van der Waals surface area (Å²) in [6, 6.07) is 0.823. The summed E-state index contributed by atoms with van der Waals surface area (Å²) in [6.07, 6.45) is 5.58. The Kier molecular flexibility index (Phi) is 5.35. The fraction of sp³-hybridized carbons (Fsp3) is 1.00. The van der Waals surface area contributed by atoms with Gasteiger partial charge in [0.25, 0.3) is 0 Å². The van der Waals surface area contributed by atoms with Gasteiger partial charge >= 0.3 is 0 Å². The molecule has 0 spiro atoms. The Balaban J connectivity index is 1.99. The van der Waals surface area contributed by atoms with E-state index < -0.39 is 0 Å². The van der Waals surface area contributed by atoms with Crippen LogP contribution in [0.5, 0.6) is 0 Å². The average Bonchev–Trinajstić information content (AvgIpc) is 2.65. The lowest BCUT2D eigenvalue weighted by molar-refractivity contribution is 0.0438. The Bertz CT molecular complexity index is 124. The highest BCUT2D eigenvalue weighted by atomic mass is 16.6. The summed E-state index contributed by atoms with van der Waals surface area (Å²) >= 11 is 0. The minimum absolute atomic E-state index is 0.743. The first kappa shape index (κ1) is 11.0. The van der Waals surface area contributed by atoms with Gasteiger partial charge in [0.15, 0.2) is 0 Å². The normalized spacial score (nSPS) is 18.7. The topological polar surface area (TPSA) is 24.5 Å². The van der Waals surface area contributed by atoms with E-state index in [0.717, 1.165) is 25.7 Å². The van der Waals surface area contributed by atoms with Crippen molar-refractivity contribution < 1.29 is 4.84 Å². The Labute approximate surface area is 81.4 Å². The van der Waals surface area contributed by atoms with Crippen LogP contribution in [0.4, 0.5) is 0 Å². The van der Waals surface area contributed by atoms with E-state index >= 15 is 0 Å². The molecule has 0 aromatic heterocycles. The standard InChI is InChI=1S/C10H22N2O/c1-3-13-11-8-9-12(2)10-6-4-5-7-10/h10-11H,3-9H2,1-2H3. The van der Waals surface area contributed by atoms with E-state index in [9.17, 15) is 0 Å². The van der Waals surface area contributed by atoms with E-state index in [1.165, 1.54) is 25.7 Å². The van der Waals surface area contributed by atoms with Crippen LogP contribution >= 0.6 is 0 Å². The van der Waals surface area contributed by atoms with Crippen LogP contribution < -0.4 is 5.48 Å². The smallest absolute Gasteiger partial charge is 0.0653 e. The van der Waals surface area contributed by atoms with Crippen molar-refractivity contribution in [3.63, 3.8) is 0 Å². The Morgan fingerprint density at radius 3 is 2.69 bits per heavy atom. The predicted octanol–water partition coefficient (Wildman–Crippen LogP) is 1.40. The fourth-order valence-electron chi connectivity index (χ4n) is 1.92. The molecule has 0 aromatic rings. The molecular formula is C10H22N2O. The maximum Gasteiger partial charge on any atom is 0.0653 e. The van der Waals surface area contributed by atoms with Gasteiger partial charge in [0.2, 0.25) is 0 Å². The Morgan fingerprint density at radius 2 is 2.08 bits per heavy atom. The third-order valence-electron chi connectivity index (χ3n) is 2.76. The number of nitrogens with zero attached hydrogens (tertiary/aromatic N) is 1. The molecule has 0 unspecified atom stereocenters. The first-order valence-corrected chi connectivity index (χ1v) is 5.39. The van der Waals surface area contributed by atoms with Crippen LogP contribution in [0.3, 0.4) is 0 Å². The van der Waals surface area contributed by atoms with Crippen molar-refractivity contribution >= 4 is 0 Å². The molecule has 1 rings (SSSR count). The summed E-state index contributed by atoms with van der Waals surface area (Å²) in [6.45, 7) is 4.76. The number of hydrogen-bond acceptors (Lipinski definition) is 3. The van der Waals surface area contributed by atoms with E-state index in [-0.39, 0.29) is 0 Å². The molecule has 78 valence electrons. The molecule has 0 aromatic carbocycles. The number of hydrogen-bond donors (Lipinski definition) is 1. The third kappa shape index (κ3) is 4.07. The zero-order valence-corrected chi connectivity index (χ0v) is 8.88.